The molecule has 1 fully saturated rings. The molecule has 1 saturated heterocycles. The van der Waals surface area contributed by atoms with Crippen LogP contribution in [0.25, 0.3) is 31.3 Å². The number of ether oxygens (including phenoxy) is 7. The van der Waals surface area contributed by atoms with Crippen LogP contribution in [0, 0.1) is 17.8 Å². The molecule has 3 rings (SSSR count). The maximum Gasteiger partial charge on any atom is 0.246 e. The quantitative estimate of drug-likeness (QED) is 0.0407. The van der Waals surface area contributed by atoms with Crippen molar-refractivity contribution in [2.45, 2.75) is 65.8 Å². The number of thiazole rings is 1. The molecule has 3 amide bonds. The van der Waals surface area contributed by atoms with E-state index in [-0.39, 0.29) is 72.2 Å². The zero-order valence-electron chi connectivity index (χ0n) is 37.1. The summed E-state index contributed by atoms with van der Waals surface area (Å²) in [7, 11) is 0. The number of β-amino-alcohol motifs (C(OH)–C–C–N with tert-alkyl or cyclic N) is 1. The van der Waals surface area contributed by atoms with E-state index in [0.29, 0.717) is 52.9 Å². The van der Waals surface area contributed by atoms with Gasteiger partial charge in [0.25, 0.3) is 0 Å². The second-order valence-corrected chi connectivity index (χ2v) is 17.1. The van der Waals surface area contributed by atoms with Gasteiger partial charge in [0.05, 0.1) is 108 Å². The van der Waals surface area contributed by atoms with Crippen LogP contribution in [0.3, 0.4) is 0 Å². The largest absolute Gasteiger partial charge is 0.391 e. The van der Waals surface area contributed by atoms with E-state index in [4.69, 9.17) is 44.2 Å². The number of hydrogen-bond acceptors (Lipinski definition) is 15. The number of aliphatic hydroxyl groups excluding tert-OH is 1. The molecular weight excluding hydrogens is 841 g/mol. The Hall–Kier alpha value is -4.44. The molecule has 3 N–H and O–H groups in total. The van der Waals surface area contributed by atoms with Crippen molar-refractivity contribution in [1.29, 1.82) is 0 Å². The van der Waals surface area contributed by atoms with Crippen LogP contribution < -0.4 is 10.6 Å². The number of amides is 3. The van der Waals surface area contributed by atoms with Gasteiger partial charge in [-0.1, -0.05) is 62.2 Å². The SMILES string of the molecule is Cc1ncsc1-c1ccc(CNC(=O)C2CC(O)CN2C(=O)C(NC(=O)COCC(C)(COCCOCCOCCN=[N+]=[N-])COCCOCCOCCN=[N+]=[N-])C(C)(C)C)cc1. The molecule has 1 aromatic heterocycles. The summed E-state index contributed by atoms with van der Waals surface area (Å²) in [6, 6.07) is 5.87. The molecule has 1 aliphatic heterocycles. The van der Waals surface area contributed by atoms with Gasteiger partial charge in [0.1, 0.15) is 18.7 Å². The van der Waals surface area contributed by atoms with Crippen molar-refractivity contribution in [1.82, 2.24) is 20.5 Å². The molecule has 63 heavy (non-hydrogen) atoms. The van der Waals surface area contributed by atoms with Gasteiger partial charge in [0.2, 0.25) is 17.7 Å². The number of aliphatic hydroxyl groups is 1. The predicted octanol–water partition coefficient (Wildman–Crippen LogP) is 3.97. The topological polar surface area (TPSA) is 274 Å². The summed E-state index contributed by atoms with van der Waals surface area (Å²) in [5, 5.41) is 23.2. The number of carbonyl (C=O) groups is 3. The van der Waals surface area contributed by atoms with Crippen molar-refractivity contribution in [3.8, 4) is 10.4 Å². The average Bonchev–Trinajstić information content (AvgIpc) is 3.87. The number of benzene rings is 1. The highest BCUT2D eigenvalue weighted by Crippen LogP contribution is 2.28. The van der Waals surface area contributed by atoms with Crippen LogP contribution in [0.1, 0.15) is 45.4 Å². The number of aromatic nitrogens is 1. The normalized spacial score (nSPS) is 16.4. The molecule has 350 valence electrons. The summed E-state index contributed by atoms with van der Waals surface area (Å²) in [5.41, 5.74) is 19.9. The fourth-order valence-electron chi connectivity index (χ4n) is 6.32. The fraction of sp³-hybridized carbons (Fsp3) is 0.707. The minimum atomic E-state index is -1.03. The Labute approximate surface area is 372 Å². The number of hydrogen-bond donors (Lipinski definition) is 3. The van der Waals surface area contributed by atoms with Gasteiger partial charge in [-0.05, 0) is 34.5 Å². The molecule has 0 saturated carbocycles. The Balaban J connectivity index is 1.51. The number of nitrogens with one attached hydrogen (secondary N) is 2. The Morgan fingerprint density at radius 1 is 0.841 bits per heavy atom. The van der Waals surface area contributed by atoms with E-state index in [1.165, 1.54) is 4.90 Å². The summed E-state index contributed by atoms with van der Waals surface area (Å²) in [5.74, 6) is -1.41. The fourth-order valence-corrected chi connectivity index (χ4v) is 7.13. The Morgan fingerprint density at radius 2 is 1.37 bits per heavy atom. The predicted molar refractivity (Wildman–Crippen MR) is 234 cm³/mol. The van der Waals surface area contributed by atoms with Gasteiger partial charge in [-0.3, -0.25) is 14.4 Å². The summed E-state index contributed by atoms with van der Waals surface area (Å²) >= 11 is 1.56. The maximum absolute atomic E-state index is 14.1. The van der Waals surface area contributed by atoms with Crippen LogP contribution in [0.5, 0.6) is 0 Å². The number of carbonyl (C=O) groups excluding carboxylic acids is 3. The van der Waals surface area contributed by atoms with Crippen LogP contribution in [-0.2, 0) is 54.1 Å². The van der Waals surface area contributed by atoms with E-state index < -0.39 is 46.7 Å². The Morgan fingerprint density at radius 3 is 1.87 bits per heavy atom. The minimum Gasteiger partial charge on any atom is -0.391 e. The van der Waals surface area contributed by atoms with Crippen LogP contribution in [-0.4, -0.2) is 163 Å². The van der Waals surface area contributed by atoms with Crippen LogP contribution in [0.4, 0.5) is 0 Å². The number of nitrogens with zero attached hydrogens (tertiary/aromatic N) is 8. The Bertz CT molecular complexity index is 1730. The van der Waals surface area contributed by atoms with Gasteiger partial charge in [-0.2, -0.15) is 0 Å². The lowest BCUT2D eigenvalue weighted by atomic mass is 9.85. The Kier molecular flexibility index (Phi) is 24.4. The highest BCUT2D eigenvalue weighted by Gasteiger charge is 2.44. The summed E-state index contributed by atoms with van der Waals surface area (Å²) in [6.45, 7) is 13.2. The molecule has 21 nitrogen and oxygen atoms in total. The first-order valence-electron chi connectivity index (χ1n) is 20.9. The first-order valence-corrected chi connectivity index (χ1v) is 21.8. The van der Waals surface area contributed by atoms with Gasteiger partial charge in [0.15, 0.2) is 0 Å². The number of rotatable bonds is 32. The average molecular weight is 905 g/mol. The zero-order chi connectivity index (χ0) is 45.9. The van der Waals surface area contributed by atoms with Gasteiger partial charge in [-0.15, -0.1) is 11.3 Å². The minimum absolute atomic E-state index is 0.0491. The van der Waals surface area contributed by atoms with E-state index >= 15 is 0 Å². The molecule has 22 heteroatoms. The second-order valence-electron chi connectivity index (χ2n) is 16.2. The summed E-state index contributed by atoms with van der Waals surface area (Å²) < 4.78 is 39.5. The molecule has 2 aromatic rings. The van der Waals surface area contributed by atoms with Gasteiger partial charge in [-0.25, -0.2) is 4.98 Å². The second kappa shape index (κ2) is 29.1. The molecule has 1 aliphatic rings. The van der Waals surface area contributed by atoms with Crippen LogP contribution >= 0.6 is 11.3 Å². The molecule has 1 aromatic carbocycles. The molecule has 0 aliphatic carbocycles. The zero-order valence-corrected chi connectivity index (χ0v) is 37.9. The van der Waals surface area contributed by atoms with E-state index in [2.05, 4.69) is 35.7 Å². The van der Waals surface area contributed by atoms with Crippen molar-refractivity contribution < 1.29 is 52.6 Å². The molecule has 0 bridgehead atoms. The van der Waals surface area contributed by atoms with Crippen molar-refractivity contribution in [3.05, 3.63) is 61.9 Å². The number of likely N-dealkylation sites (tertiary alicyclic amines) is 1. The lowest BCUT2D eigenvalue weighted by Crippen LogP contribution is -2.58. The van der Waals surface area contributed by atoms with Crippen molar-refractivity contribution in [2.75, 3.05) is 112 Å². The van der Waals surface area contributed by atoms with Gasteiger partial charge >= 0.3 is 0 Å². The monoisotopic (exact) mass is 904 g/mol. The van der Waals surface area contributed by atoms with Crippen molar-refractivity contribution >= 4 is 29.1 Å². The first kappa shape index (κ1) is 52.9. The molecule has 0 radical (unpaired) electrons. The summed E-state index contributed by atoms with van der Waals surface area (Å²) in [6.07, 6.45) is -0.837. The van der Waals surface area contributed by atoms with Crippen molar-refractivity contribution in [2.24, 2.45) is 21.1 Å². The van der Waals surface area contributed by atoms with E-state index in [1.54, 1.807) is 16.8 Å². The van der Waals surface area contributed by atoms with E-state index in [0.717, 1.165) is 21.7 Å². The van der Waals surface area contributed by atoms with Gasteiger partial charge in [0, 0.05) is 47.8 Å². The lowest BCUT2D eigenvalue weighted by Gasteiger charge is -2.35. The van der Waals surface area contributed by atoms with E-state index in [9.17, 15) is 19.5 Å². The standard InChI is InChI=1S/C41H64N10O11S/c1-30-36(63-29-45-30)32-8-6-31(7-9-32)23-44-38(54)34-22-33(52)24-51(34)39(55)37(40(2,3)4)48-35(53)25-62-28-41(5,26-60-20-18-58-16-14-56-12-10-46-49-42)27-61-21-19-59-17-15-57-13-11-47-50-43/h6-9,29,33-34,37,52H,10-28H2,1-5H3,(H,44,54)(H,48,53). The smallest absolute Gasteiger partial charge is 0.246 e. The highest BCUT2D eigenvalue weighted by atomic mass is 32.1. The molecule has 2 heterocycles. The third kappa shape index (κ3) is 20.3. The number of azide groups is 2. The van der Waals surface area contributed by atoms with Gasteiger partial charge < -0.3 is 53.8 Å². The van der Waals surface area contributed by atoms with Crippen molar-refractivity contribution in [3.63, 3.8) is 0 Å². The lowest BCUT2D eigenvalue weighted by molar-refractivity contribution is -0.145. The third-order valence-corrected chi connectivity index (χ3v) is 10.6. The maximum atomic E-state index is 14.1. The van der Waals surface area contributed by atoms with Crippen LogP contribution in [0.2, 0.25) is 0 Å². The van der Waals surface area contributed by atoms with Crippen LogP contribution in [0.15, 0.2) is 40.0 Å². The third-order valence-electron chi connectivity index (χ3n) is 9.58. The molecule has 0 spiro atoms. The van der Waals surface area contributed by atoms with E-state index in [1.807, 2.05) is 58.9 Å². The molecule has 3 unspecified atom stereocenters. The molecule has 3 atom stereocenters. The molecular formula is C41H64N10O11S. The highest BCUT2D eigenvalue weighted by molar-refractivity contribution is 7.13. The first-order chi connectivity index (χ1) is 30.3. The summed E-state index contributed by atoms with van der Waals surface area (Å²) in [4.78, 5) is 53.1. The number of aryl methyl sites for hydroxylation is 1.